The maximum Gasteiger partial charge on any atom is 0.573 e. The number of fused-ring (bicyclic) bond motifs is 1. The summed E-state index contributed by atoms with van der Waals surface area (Å²) in [5.74, 6) is -0.202. The molecule has 0 atom stereocenters. The van der Waals surface area contributed by atoms with Crippen LogP contribution in [0.15, 0.2) is 36.7 Å². The molecule has 0 saturated carbocycles. The Morgan fingerprint density at radius 3 is 2.52 bits per heavy atom. The minimum Gasteiger partial charge on any atom is -0.406 e. The maximum absolute atomic E-state index is 13.2. The summed E-state index contributed by atoms with van der Waals surface area (Å²) in [6.07, 6.45) is 1.82. The third-order valence-corrected chi connectivity index (χ3v) is 9.48. The summed E-state index contributed by atoms with van der Waals surface area (Å²) in [7, 11) is -3.24. The fourth-order valence-corrected chi connectivity index (χ4v) is 6.99. The minimum absolute atomic E-state index is 0.150. The molecule has 1 saturated heterocycles. The van der Waals surface area contributed by atoms with E-state index in [1.165, 1.54) is 40.2 Å². The van der Waals surface area contributed by atoms with Crippen LogP contribution in [-0.4, -0.2) is 57.9 Å². The standard InChI is InChI=1S/C27H29F3N4O4S2/c1-4-22-25(34-14-18(5-6-23(34)32-22)17-7-9-33(10-8-17)40(3,36)37)24-16(2)11-19(38-27(28,29)30)12-21(24)26-31-13-20(15-35)39-26/h5-6,11-14,17,35H,4,7-10,15H2,1-3H3. The van der Waals surface area contributed by atoms with Crippen LogP contribution in [0.2, 0.25) is 0 Å². The summed E-state index contributed by atoms with van der Waals surface area (Å²) < 4.78 is 71.2. The molecule has 1 aliphatic rings. The Morgan fingerprint density at radius 1 is 1.20 bits per heavy atom. The fourth-order valence-electron chi connectivity index (χ4n) is 5.32. The van der Waals surface area contributed by atoms with E-state index in [2.05, 4.69) is 9.72 Å². The Labute approximate surface area is 234 Å². The van der Waals surface area contributed by atoms with Crippen LogP contribution in [0.3, 0.4) is 0 Å². The second kappa shape index (κ2) is 10.8. The van der Waals surface area contributed by atoms with Crippen LogP contribution >= 0.6 is 11.3 Å². The van der Waals surface area contributed by atoms with Gasteiger partial charge in [0.25, 0.3) is 0 Å². The molecule has 1 N–H and O–H groups in total. The number of hydrogen-bond donors (Lipinski definition) is 1. The van der Waals surface area contributed by atoms with Crippen molar-refractivity contribution in [1.82, 2.24) is 18.7 Å². The number of thiazole rings is 1. The molecule has 0 aliphatic carbocycles. The number of nitrogens with zero attached hydrogens (tertiary/aromatic N) is 4. The smallest absolute Gasteiger partial charge is 0.406 e. The van der Waals surface area contributed by atoms with E-state index in [-0.39, 0.29) is 18.3 Å². The zero-order valence-electron chi connectivity index (χ0n) is 22.2. The van der Waals surface area contributed by atoms with Gasteiger partial charge in [0.05, 0.1) is 29.1 Å². The summed E-state index contributed by atoms with van der Waals surface area (Å²) in [5, 5.41) is 10.1. The van der Waals surface area contributed by atoms with Crippen molar-refractivity contribution < 1.29 is 31.4 Å². The van der Waals surface area contributed by atoms with E-state index in [0.29, 0.717) is 64.6 Å². The molecule has 0 unspecified atom stereocenters. The van der Waals surface area contributed by atoms with Gasteiger partial charge in [0.1, 0.15) is 16.4 Å². The van der Waals surface area contributed by atoms with Crippen LogP contribution in [0.1, 0.15) is 47.4 Å². The first-order valence-corrected chi connectivity index (χ1v) is 15.5. The molecule has 1 aliphatic heterocycles. The Kier molecular flexibility index (Phi) is 7.68. The van der Waals surface area contributed by atoms with E-state index < -0.39 is 16.4 Å². The molecule has 8 nitrogen and oxygen atoms in total. The van der Waals surface area contributed by atoms with Crippen molar-refractivity contribution >= 4 is 27.0 Å². The van der Waals surface area contributed by atoms with Crippen molar-refractivity contribution in [2.24, 2.45) is 0 Å². The first kappa shape index (κ1) is 28.5. The summed E-state index contributed by atoms with van der Waals surface area (Å²) in [6.45, 7) is 4.35. The van der Waals surface area contributed by atoms with E-state index in [0.717, 1.165) is 17.0 Å². The number of aliphatic hydroxyl groups is 1. The Hall–Kier alpha value is -3.00. The van der Waals surface area contributed by atoms with E-state index in [9.17, 15) is 26.7 Å². The summed E-state index contributed by atoms with van der Waals surface area (Å²) in [6, 6.07) is 6.62. The highest BCUT2D eigenvalue weighted by atomic mass is 32.2. The number of hydrogen-bond acceptors (Lipinski definition) is 7. The topological polar surface area (TPSA) is 97.0 Å². The van der Waals surface area contributed by atoms with Crippen LogP contribution in [0, 0.1) is 6.92 Å². The third-order valence-electron chi connectivity index (χ3n) is 7.16. The molecule has 0 radical (unpaired) electrons. The number of ether oxygens (including phenoxy) is 1. The molecule has 1 fully saturated rings. The van der Waals surface area contributed by atoms with Gasteiger partial charge in [-0.1, -0.05) is 13.0 Å². The highest BCUT2D eigenvalue weighted by Crippen LogP contribution is 2.42. The second-order valence-corrected chi connectivity index (χ2v) is 13.0. The lowest BCUT2D eigenvalue weighted by atomic mass is 9.91. The number of aromatic nitrogens is 3. The summed E-state index contributed by atoms with van der Waals surface area (Å²) >= 11 is 1.20. The number of halogens is 3. The molecule has 0 spiro atoms. The number of pyridine rings is 1. The largest absolute Gasteiger partial charge is 0.573 e. The second-order valence-electron chi connectivity index (χ2n) is 9.89. The molecule has 214 valence electrons. The van der Waals surface area contributed by atoms with Crippen molar-refractivity contribution in [3.05, 3.63) is 58.4 Å². The van der Waals surface area contributed by atoms with E-state index in [1.807, 2.05) is 29.7 Å². The molecule has 0 amide bonds. The van der Waals surface area contributed by atoms with Gasteiger partial charge in [0, 0.05) is 36.6 Å². The van der Waals surface area contributed by atoms with Crippen molar-refractivity contribution in [1.29, 1.82) is 0 Å². The van der Waals surface area contributed by atoms with Gasteiger partial charge in [0.2, 0.25) is 10.0 Å². The molecule has 40 heavy (non-hydrogen) atoms. The fraction of sp³-hybridized carbons (Fsp3) is 0.407. The maximum atomic E-state index is 13.2. The lowest BCUT2D eigenvalue weighted by Crippen LogP contribution is -2.37. The molecule has 5 rings (SSSR count). The van der Waals surface area contributed by atoms with Crippen LogP contribution in [0.5, 0.6) is 5.75 Å². The average Bonchev–Trinajstić information content (AvgIpc) is 3.51. The summed E-state index contributed by atoms with van der Waals surface area (Å²) in [4.78, 5) is 9.80. The minimum atomic E-state index is -4.86. The van der Waals surface area contributed by atoms with E-state index >= 15 is 0 Å². The van der Waals surface area contributed by atoms with Gasteiger partial charge in [-0.15, -0.1) is 24.5 Å². The van der Waals surface area contributed by atoms with Gasteiger partial charge in [-0.05, 0) is 61.4 Å². The Bertz CT molecular complexity index is 1660. The third kappa shape index (κ3) is 5.73. The predicted octanol–water partition coefficient (Wildman–Crippen LogP) is 5.53. The van der Waals surface area contributed by atoms with Gasteiger partial charge >= 0.3 is 6.36 Å². The number of piperidine rings is 1. The SMILES string of the molecule is CCc1nc2ccc(C3CCN(S(C)(=O)=O)CC3)cn2c1-c1c(C)cc(OC(F)(F)F)cc1-c1ncc(CO)s1. The van der Waals surface area contributed by atoms with Crippen LogP contribution in [-0.2, 0) is 23.1 Å². The van der Waals surface area contributed by atoms with Crippen molar-refractivity contribution in [3.8, 4) is 27.6 Å². The van der Waals surface area contributed by atoms with Crippen LogP contribution in [0.25, 0.3) is 27.5 Å². The van der Waals surface area contributed by atoms with Gasteiger partial charge in [-0.2, -0.15) is 0 Å². The van der Waals surface area contributed by atoms with Gasteiger partial charge in [0.15, 0.2) is 0 Å². The van der Waals surface area contributed by atoms with E-state index in [4.69, 9.17) is 4.98 Å². The summed E-state index contributed by atoms with van der Waals surface area (Å²) in [5.41, 5.74) is 4.95. The molecule has 4 heterocycles. The first-order chi connectivity index (χ1) is 18.9. The number of benzene rings is 1. The van der Waals surface area contributed by atoms with E-state index in [1.54, 1.807) is 6.92 Å². The lowest BCUT2D eigenvalue weighted by molar-refractivity contribution is -0.274. The first-order valence-electron chi connectivity index (χ1n) is 12.8. The van der Waals surface area contributed by atoms with Crippen molar-refractivity contribution in [2.45, 2.75) is 52.0 Å². The number of aryl methyl sites for hydroxylation is 2. The van der Waals surface area contributed by atoms with Gasteiger partial charge in [-0.25, -0.2) is 22.7 Å². The number of rotatable bonds is 7. The average molecular weight is 595 g/mol. The molecular formula is C27H29F3N4O4S2. The molecule has 4 aromatic rings. The number of aliphatic hydroxyl groups excluding tert-OH is 1. The Morgan fingerprint density at radius 2 is 1.93 bits per heavy atom. The highest BCUT2D eigenvalue weighted by molar-refractivity contribution is 7.88. The lowest BCUT2D eigenvalue weighted by Gasteiger charge is -2.30. The van der Waals surface area contributed by atoms with Crippen LogP contribution < -0.4 is 4.74 Å². The quantitative estimate of drug-likeness (QED) is 0.303. The molecule has 1 aromatic carbocycles. The monoisotopic (exact) mass is 594 g/mol. The highest BCUT2D eigenvalue weighted by Gasteiger charge is 2.32. The van der Waals surface area contributed by atoms with Crippen molar-refractivity contribution in [3.63, 3.8) is 0 Å². The van der Waals surface area contributed by atoms with Gasteiger partial charge < -0.3 is 9.84 Å². The number of imidazole rings is 1. The van der Waals surface area contributed by atoms with Gasteiger partial charge in [-0.3, -0.25) is 4.40 Å². The predicted molar refractivity (Wildman–Crippen MR) is 147 cm³/mol. The molecule has 13 heteroatoms. The number of sulfonamides is 1. The molecular weight excluding hydrogens is 565 g/mol. The molecule has 3 aromatic heterocycles. The molecule has 0 bridgehead atoms. The zero-order chi connectivity index (χ0) is 28.8. The zero-order valence-corrected chi connectivity index (χ0v) is 23.8. The number of alkyl halides is 3. The Balaban J connectivity index is 1.66. The van der Waals surface area contributed by atoms with Crippen LogP contribution in [0.4, 0.5) is 13.2 Å². The van der Waals surface area contributed by atoms with Crippen molar-refractivity contribution in [2.75, 3.05) is 19.3 Å². The normalized spacial score (nSPS) is 15.7.